The third kappa shape index (κ3) is 7.70. The molecule has 2 spiro atoms. The maximum absolute atomic E-state index is 16.3. The van der Waals surface area contributed by atoms with Gasteiger partial charge in [-0.05, 0) is 92.0 Å². The molecular weight excluding hydrogens is 820 g/mol. The molecule has 9 rings (SSSR count). The van der Waals surface area contributed by atoms with E-state index in [9.17, 15) is 24.0 Å². The van der Waals surface area contributed by atoms with Crippen LogP contribution >= 0.6 is 23.2 Å². The van der Waals surface area contributed by atoms with Crippen LogP contribution in [0.2, 0.25) is 10.0 Å². The molecule has 5 amide bonds. The molecule has 5 fully saturated rings. The zero-order valence-corrected chi connectivity index (χ0v) is 35.6. The summed E-state index contributed by atoms with van der Waals surface area (Å²) in [6.07, 6.45) is 7.38. The molecule has 0 radical (unpaired) electrons. The Kier molecular flexibility index (Phi) is 11.6. The van der Waals surface area contributed by atoms with Gasteiger partial charge in [0.2, 0.25) is 29.5 Å². The van der Waals surface area contributed by atoms with E-state index < -0.39 is 34.8 Å². The van der Waals surface area contributed by atoms with Crippen molar-refractivity contribution in [3.05, 3.63) is 93.2 Å². The molecule has 5 N–H and O–H groups in total. The molecule has 3 saturated heterocycles. The maximum atomic E-state index is 16.3. The first-order valence-corrected chi connectivity index (χ1v) is 22.5. The fourth-order valence-corrected chi connectivity index (χ4v) is 11.7. The van der Waals surface area contributed by atoms with Gasteiger partial charge in [0.25, 0.3) is 0 Å². The lowest BCUT2D eigenvalue weighted by Crippen LogP contribution is -2.60. The van der Waals surface area contributed by atoms with Crippen LogP contribution in [0.15, 0.2) is 60.7 Å². The Morgan fingerprint density at radius 3 is 2.31 bits per heavy atom. The number of hydrogen-bond acceptors (Lipinski definition) is 8. The van der Waals surface area contributed by atoms with Crippen molar-refractivity contribution in [1.82, 2.24) is 25.8 Å². The van der Waals surface area contributed by atoms with Gasteiger partial charge in [0, 0.05) is 79.0 Å². The molecule has 12 nitrogen and oxygen atoms in total. The number of fused-ring (bicyclic) bond motifs is 3. The number of rotatable bonds is 8. The normalized spacial score (nSPS) is 28.7. The van der Waals surface area contributed by atoms with Crippen LogP contribution in [0.5, 0.6) is 0 Å². The SMILES string of the molecule is O=C1CCC(Nc2ccc(CN3CCN(C(=O)C4CCC(NC(=O)[C@@H]5NC6(CCCCC6)[C@@]6(C(=O)Nc7cc(Cl)ccc76)[C@H]5c5cccc(Cl)c5F)CC4)CC3)cc2)C(=O)N1. The molecule has 6 aliphatic rings. The number of nitrogens with one attached hydrogen (secondary N) is 5. The Morgan fingerprint density at radius 2 is 1.59 bits per heavy atom. The van der Waals surface area contributed by atoms with E-state index in [0.29, 0.717) is 80.7 Å². The summed E-state index contributed by atoms with van der Waals surface area (Å²) in [4.78, 5) is 71.0. The van der Waals surface area contributed by atoms with Gasteiger partial charge in [0.05, 0.1) is 11.1 Å². The van der Waals surface area contributed by atoms with Crippen molar-refractivity contribution in [3.8, 4) is 0 Å². The third-order valence-electron chi connectivity index (χ3n) is 14.4. The van der Waals surface area contributed by atoms with E-state index in [2.05, 4.69) is 31.5 Å². The zero-order chi connectivity index (χ0) is 42.5. The second kappa shape index (κ2) is 17.0. The van der Waals surface area contributed by atoms with E-state index in [-0.39, 0.29) is 52.1 Å². The minimum Gasteiger partial charge on any atom is -0.374 e. The van der Waals surface area contributed by atoms with E-state index in [1.54, 1.807) is 24.3 Å². The Labute approximate surface area is 365 Å². The Bertz CT molecular complexity index is 2220. The van der Waals surface area contributed by atoms with Crippen LogP contribution in [0.1, 0.15) is 93.2 Å². The molecule has 2 saturated carbocycles. The second-order valence-electron chi connectivity index (χ2n) is 17.8. The molecule has 1 unspecified atom stereocenters. The maximum Gasteiger partial charge on any atom is 0.249 e. The molecule has 0 bridgehead atoms. The highest BCUT2D eigenvalue weighted by Crippen LogP contribution is 2.62. The van der Waals surface area contributed by atoms with Crippen molar-refractivity contribution in [2.75, 3.05) is 36.8 Å². The first-order chi connectivity index (χ1) is 29.5. The molecule has 61 heavy (non-hydrogen) atoms. The third-order valence-corrected chi connectivity index (χ3v) is 14.9. The number of piperidine rings is 1. The van der Waals surface area contributed by atoms with Crippen LogP contribution in [0.4, 0.5) is 15.8 Å². The number of anilines is 2. The number of halogens is 3. The van der Waals surface area contributed by atoms with Crippen molar-refractivity contribution in [2.24, 2.45) is 5.92 Å². The average molecular weight is 873 g/mol. The molecule has 0 aromatic heterocycles. The predicted molar refractivity (Wildman–Crippen MR) is 231 cm³/mol. The van der Waals surface area contributed by atoms with Gasteiger partial charge in [0.15, 0.2) is 0 Å². The number of hydrogen-bond donors (Lipinski definition) is 5. The van der Waals surface area contributed by atoms with Gasteiger partial charge in [-0.2, -0.15) is 0 Å². The van der Waals surface area contributed by atoms with E-state index in [0.717, 1.165) is 50.1 Å². The summed E-state index contributed by atoms with van der Waals surface area (Å²) >= 11 is 12.8. The Hall–Kier alpha value is -4.56. The second-order valence-corrected chi connectivity index (χ2v) is 18.7. The van der Waals surface area contributed by atoms with E-state index in [4.69, 9.17) is 23.2 Å². The van der Waals surface area contributed by atoms with Gasteiger partial charge in [-0.3, -0.25) is 39.5 Å². The lowest BCUT2D eigenvalue weighted by atomic mass is 9.55. The highest BCUT2D eigenvalue weighted by molar-refractivity contribution is 6.31. The zero-order valence-electron chi connectivity index (χ0n) is 34.0. The minimum atomic E-state index is -1.30. The first-order valence-electron chi connectivity index (χ1n) is 21.8. The highest BCUT2D eigenvalue weighted by atomic mass is 35.5. The minimum absolute atomic E-state index is 0.0663. The Morgan fingerprint density at radius 1 is 0.852 bits per heavy atom. The number of nitrogens with zero attached hydrogens (tertiary/aromatic N) is 2. The summed E-state index contributed by atoms with van der Waals surface area (Å²) in [6.45, 7) is 3.56. The van der Waals surface area contributed by atoms with Crippen LogP contribution in [0.25, 0.3) is 0 Å². The molecule has 322 valence electrons. The van der Waals surface area contributed by atoms with E-state index >= 15 is 4.39 Å². The lowest BCUT2D eigenvalue weighted by molar-refractivity contribution is -0.138. The Balaban J connectivity index is 0.830. The lowest BCUT2D eigenvalue weighted by Gasteiger charge is -2.47. The van der Waals surface area contributed by atoms with Crippen molar-refractivity contribution >= 4 is 64.1 Å². The largest absolute Gasteiger partial charge is 0.374 e. The summed E-state index contributed by atoms with van der Waals surface area (Å²) < 4.78 is 16.3. The predicted octanol–water partition coefficient (Wildman–Crippen LogP) is 6.02. The van der Waals surface area contributed by atoms with Crippen LogP contribution < -0.4 is 26.6 Å². The number of carbonyl (C=O) groups is 5. The van der Waals surface area contributed by atoms with Gasteiger partial charge in [-0.1, -0.05) is 72.8 Å². The molecule has 4 atom stereocenters. The standard InChI is InChI=1S/C46H52Cl2FN7O5/c47-29-11-16-33-36(25-29)52-44(61)46(33)38(32-5-4-6-34(48)39(32)49)40(54-45(46)19-2-1-3-20-45)42(59)51-31-14-9-28(10-15-31)43(60)56-23-21-55(22-24-56)26-27-7-12-30(13-8-27)50-35-17-18-37(57)53-41(35)58/h4-8,11-13,16,25,28,31,35,38,40,50,54H,1-3,9-10,14-15,17-24,26H2,(H,51,59)(H,52,61)(H,53,57,58)/t28?,31?,35?,38-,40+,46+/m0/s1. The fraction of sp³-hybridized carbons (Fsp3) is 0.500. The van der Waals surface area contributed by atoms with Gasteiger partial charge in [-0.15, -0.1) is 0 Å². The monoisotopic (exact) mass is 871 g/mol. The van der Waals surface area contributed by atoms with E-state index in [1.807, 2.05) is 35.2 Å². The molecule has 4 aliphatic heterocycles. The van der Waals surface area contributed by atoms with Gasteiger partial charge >= 0.3 is 0 Å². The van der Waals surface area contributed by atoms with Crippen LogP contribution in [0, 0.1) is 11.7 Å². The topological polar surface area (TPSA) is 152 Å². The van der Waals surface area contributed by atoms with Crippen molar-refractivity contribution in [2.45, 2.75) is 112 Å². The van der Waals surface area contributed by atoms with Gasteiger partial charge in [-0.25, -0.2) is 4.39 Å². The molecule has 3 aromatic carbocycles. The summed E-state index contributed by atoms with van der Waals surface area (Å²) in [5.41, 5.74) is 1.37. The van der Waals surface area contributed by atoms with Crippen molar-refractivity contribution in [3.63, 3.8) is 0 Å². The van der Waals surface area contributed by atoms with Crippen LogP contribution in [-0.4, -0.2) is 89.2 Å². The smallest absolute Gasteiger partial charge is 0.249 e. The number of carbonyl (C=O) groups excluding carboxylic acids is 5. The number of piperazine rings is 1. The quantitative estimate of drug-likeness (QED) is 0.173. The number of benzene rings is 3. The number of imide groups is 1. The van der Waals surface area contributed by atoms with Crippen molar-refractivity contribution < 1.29 is 28.4 Å². The molecule has 3 aromatic rings. The van der Waals surface area contributed by atoms with E-state index in [1.165, 1.54) is 6.07 Å². The summed E-state index contributed by atoms with van der Waals surface area (Å²) in [6, 6.07) is 16.6. The molecule has 2 aliphatic carbocycles. The van der Waals surface area contributed by atoms with Gasteiger partial charge < -0.3 is 20.9 Å². The average Bonchev–Trinajstić information content (AvgIpc) is 3.71. The fourth-order valence-electron chi connectivity index (χ4n) is 11.4. The molecule has 15 heteroatoms. The first kappa shape index (κ1) is 41.8. The molecule has 4 heterocycles. The van der Waals surface area contributed by atoms with Gasteiger partial charge in [0.1, 0.15) is 17.3 Å². The number of amides is 5. The summed E-state index contributed by atoms with van der Waals surface area (Å²) in [5, 5.41) is 16.1. The van der Waals surface area contributed by atoms with Crippen molar-refractivity contribution in [1.29, 1.82) is 0 Å². The van der Waals surface area contributed by atoms with Crippen LogP contribution in [0.3, 0.4) is 0 Å². The molecular formula is C46H52Cl2FN7O5. The highest BCUT2D eigenvalue weighted by Gasteiger charge is 2.72. The summed E-state index contributed by atoms with van der Waals surface area (Å²) in [7, 11) is 0. The van der Waals surface area contributed by atoms with Crippen LogP contribution in [-0.2, 0) is 35.9 Å². The summed E-state index contributed by atoms with van der Waals surface area (Å²) in [5.74, 6) is -2.58.